The fraction of sp³-hybridized carbons (Fsp3) is 0.0769. The summed E-state index contributed by atoms with van der Waals surface area (Å²) in [6.45, 7) is 1.83. The van der Waals surface area contributed by atoms with Crippen molar-refractivity contribution in [3.63, 3.8) is 0 Å². The molecule has 5 aromatic rings. The number of nitrogens with one attached hydrogen (secondary N) is 3. The van der Waals surface area contributed by atoms with Crippen LogP contribution in [0.15, 0.2) is 73.2 Å². The summed E-state index contributed by atoms with van der Waals surface area (Å²) in [5.41, 5.74) is 3.31. The summed E-state index contributed by atoms with van der Waals surface area (Å²) in [4.78, 5) is 27.0. The minimum absolute atomic E-state index is 0.209. The summed E-state index contributed by atoms with van der Waals surface area (Å²) < 4.78 is 20.1. The van der Waals surface area contributed by atoms with Crippen molar-refractivity contribution in [3.8, 4) is 22.6 Å². The molecule has 0 aliphatic heterocycles. The molecule has 0 spiro atoms. The van der Waals surface area contributed by atoms with E-state index in [1.165, 1.54) is 13.1 Å². The van der Waals surface area contributed by atoms with Crippen LogP contribution in [0.3, 0.4) is 0 Å². The van der Waals surface area contributed by atoms with Crippen molar-refractivity contribution in [1.82, 2.24) is 19.9 Å². The van der Waals surface area contributed by atoms with Gasteiger partial charge in [-0.3, -0.25) is 9.78 Å². The van der Waals surface area contributed by atoms with Gasteiger partial charge in [0.2, 0.25) is 5.91 Å². The van der Waals surface area contributed by atoms with E-state index in [0.29, 0.717) is 45.8 Å². The lowest BCUT2D eigenvalue weighted by molar-refractivity contribution is -0.114. The first-order valence-electron chi connectivity index (χ1n) is 11.0. The Balaban J connectivity index is 1.30. The highest BCUT2D eigenvalue weighted by atomic mass is 35.5. The number of rotatable bonds is 7. The number of benzene rings is 2. The highest BCUT2D eigenvalue weighted by molar-refractivity contribution is 6.33. The van der Waals surface area contributed by atoms with Gasteiger partial charge in [-0.2, -0.15) is 0 Å². The molecule has 10 heteroatoms. The van der Waals surface area contributed by atoms with Crippen molar-refractivity contribution in [1.29, 1.82) is 0 Å². The Labute approximate surface area is 210 Å². The molecule has 0 saturated heterocycles. The molecule has 3 N–H and O–H groups in total. The summed E-state index contributed by atoms with van der Waals surface area (Å²) in [6.07, 6.45) is 4.25. The molecule has 5 rings (SSSR count). The smallest absolute Gasteiger partial charge is 0.222 e. The maximum atomic E-state index is 14.2. The van der Waals surface area contributed by atoms with Gasteiger partial charge in [0.1, 0.15) is 29.0 Å². The van der Waals surface area contributed by atoms with E-state index in [4.69, 9.17) is 16.3 Å². The van der Waals surface area contributed by atoms with Gasteiger partial charge < -0.3 is 20.4 Å². The molecule has 180 valence electrons. The fourth-order valence-corrected chi connectivity index (χ4v) is 3.89. The Kier molecular flexibility index (Phi) is 6.46. The van der Waals surface area contributed by atoms with Gasteiger partial charge >= 0.3 is 0 Å². The van der Waals surface area contributed by atoms with Crippen LogP contribution in [-0.4, -0.2) is 25.8 Å². The highest BCUT2D eigenvalue weighted by Crippen LogP contribution is 2.32. The predicted octanol–water partition coefficient (Wildman–Crippen LogP) is 6.18. The molecule has 0 radical (unpaired) electrons. The topological polar surface area (TPSA) is 105 Å². The van der Waals surface area contributed by atoms with Gasteiger partial charge in [0, 0.05) is 53.3 Å². The summed E-state index contributed by atoms with van der Waals surface area (Å²) in [7, 11) is 0. The molecule has 0 bridgehead atoms. The van der Waals surface area contributed by atoms with Crippen LogP contribution in [0.2, 0.25) is 5.02 Å². The van der Waals surface area contributed by atoms with E-state index >= 15 is 0 Å². The Hall–Kier alpha value is -4.50. The molecule has 0 aliphatic carbocycles. The van der Waals surface area contributed by atoms with Crippen molar-refractivity contribution in [2.75, 3.05) is 10.6 Å². The van der Waals surface area contributed by atoms with E-state index in [1.807, 2.05) is 24.3 Å². The van der Waals surface area contributed by atoms with E-state index in [9.17, 15) is 9.18 Å². The first kappa shape index (κ1) is 23.3. The minimum atomic E-state index is -0.440. The summed E-state index contributed by atoms with van der Waals surface area (Å²) in [5, 5.41) is 6.36. The van der Waals surface area contributed by atoms with Crippen molar-refractivity contribution >= 4 is 40.0 Å². The number of H-pyrrole nitrogens is 1. The van der Waals surface area contributed by atoms with Gasteiger partial charge in [-0.25, -0.2) is 14.4 Å². The van der Waals surface area contributed by atoms with E-state index in [1.54, 1.807) is 36.5 Å². The molecule has 2 aromatic carbocycles. The molecule has 0 unspecified atom stereocenters. The van der Waals surface area contributed by atoms with E-state index in [0.717, 1.165) is 22.9 Å². The molecule has 0 atom stereocenters. The van der Waals surface area contributed by atoms with Gasteiger partial charge in [-0.05, 0) is 42.5 Å². The highest BCUT2D eigenvalue weighted by Gasteiger charge is 2.11. The zero-order chi connectivity index (χ0) is 25.1. The first-order chi connectivity index (χ1) is 17.4. The fourth-order valence-electron chi connectivity index (χ4n) is 3.67. The molecule has 0 aliphatic rings. The van der Waals surface area contributed by atoms with E-state index < -0.39 is 5.82 Å². The van der Waals surface area contributed by atoms with Crippen LogP contribution in [0.25, 0.3) is 22.2 Å². The van der Waals surface area contributed by atoms with Crippen LogP contribution >= 0.6 is 11.6 Å². The molecule has 0 fully saturated rings. The Morgan fingerprint density at radius 3 is 2.75 bits per heavy atom. The number of ether oxygens (including phenoxy) is 1. The van der Waals surface area contributed by atoms with E-state index in [2.05, 4.69) is 30.6 Å². The Bertz CT molecular complexity index is 1570. The SMILES string of the molecule is CC(=O)Nc1cc(Oc2ccc3nc(CNc4ccc(Cl)c(-c5ccncc5F)c4)[nH]c3c2)ccn1. The third-order valence-electron chi connectivity index (χ3n) is 5.26. The third kappa shape index (κ3) is 5.26. The number of hydrogen-bond donors (Lipinski definition) is 3. The number of amides is 1. The standard InChI is InChI=1S/C26H20ClFN6O2/c1-15(35)32-25-12-18(6-9-30-25)36-17-3-5-23-24(11-17)34-26(33-23)14-31-16-2-4-21(27)20(10-16)19-7-8-29-13-22(19)28/h2-13,31H,14H2,1H3,(H,33,34)(H,30,32,35). The van der Waals surface area contributed by atoms with Gasteiger partial charge in [0.05, 0.1) is 23.8 Å². The number of aromatic amines is 1. The van der Waals surface area contributed by atoms with Crippen LogP contribution in [0.4, 0.5) is 15.9 Å². The lowest BCUT2D eigenvalue weighted by atomic mass is 10.1. The van der Waals surface area contributed by atoms with Gasteiger partial charge in [-0.15, -0.1) is 0 Å². The number of pyridine rings is 2. The molecule has 0 saturated carbocycles. The average molecular weight is 503 g/mol. The van der Waals surface area contributed by atoms with Crippen molar-refractivity contribution < 1.29 is 13.9 Å². The number of fused-ring (bicyclic) bond motifs is 1. The van der Waals surface area contributed by atoms with Crippen LogP contribution in [-0.2, 0) is 11.3 Å². The van der Waals surface area contributed by atoms with Crippen LogP contribution in [0, 0.1) is 5.82 Å². The monoisotopic (exact) mass is 502 g/mol. The molecule has 3 aromatic heterocycles. The lowest BCUT2D eigenvalue weighted by Gasteiger charge is -2.10. The number of halogens is 2. The maximum Gasteiger partial charge on any atom is 0.222 e. The van der Waals surface area contributed by atoms with Crippen molar-refractivity contribution in [2.45, 2.75) is 13.5 Å². The van der Waals surface area contributed by atoms with Crippen molar-refractivity contribution in [2.24, 2.45) is 0 Å². The maximum absolute atomic E-state index is 14.2. The minimum Gasteiger partial charge on any atom is -0.457 e. The van der Waals surface area contributed by atoms with Gasteiger partial charge in [0.25, 0.3) is 0 Å². The predicted molar refractivity (Wildman–Crippen MR) is 137 cm³/mol. The number of nitrogens with zero attached hydrogens (tertiary/aromatic N) is 3. The first-order valence-corrected chi connectivity index (χ1v) is 11.4. The van der Waals surface area contributed by atoms with Gasteiger partial charge in [0.15, 0.2) is 0 Å². The number of hydrogen-bond acceptors (Lipinski definition) is 6. The molecule has 3 heterocycles. The lowest BCUT2D eigenvalue weighted by Crippen LogP contribution is -2.07. The third-order valence-corrected chi connectivity index (χ3v) is 5.59. The number of carbonyl (C=O) groups excluding carboxylic acids is 1. The van der Waals surface area contributed by atoms with Gasteiger partial charge in [-0.1, -0.05) is 11.6 Å². The van der Waals surface area contributed by atoms with E-state index in [-0.39, 0.29) is 5.91 Å². The Morgan fingerprint density at radius 2 is 1.92 bits per heavy atom. The molecule has 8 nitrogen and oxygen atoms in total. The van der Waals surface area contributed by atoms with Crippen molar-refractivity contribution in [3.05, 3.63) is 89.9 Å². The Morgan fingerprint density at radius 1 is 1.06 bits per heavy atom. The number of anilines is 2. The van der Waals surface area contributed by atoms with Crippen LogP contribution in [0.5, 0.6) is 11.5 Å². The average Bonchev–Trinajstić information content (AvgIpc) is 3.26. The van der Waals surface area contributed by atoms with Crippen LogP contribution in [0.1, 0.15) is 12.7 Å². The second kappa shape index (κ2) is 10.0. The molecule has 1 amide bonds. The quantitative estimate of drug-likeness (QED) is 0.245. The normalized spacial score (nSPS) is 10.9. The van der Waals surface area contributed by atoms with Crippen LogP contribution < -0.4 is 15.4 Å². The largest absolute Gasteiger partial charge is 0.457 e. The number of aromatic nitrogens is 4. The molecular weight excluding hydrogens is 483 g/mol. The molecular formula is C26H20ClFN6O2. The number of carbonyl (C=O) groups is 1. The second-order valence-corrected chi connectivity index (χ2v) is 8.33. The zero-order valence-corrected chi connectivity index (χ0v) is 19.8. The summed E-state index contributed by atoms with van der Waals surface area (Å²) in [5.74, 6) is 1.62. The summed E-state index contributed by atoms with van der Waals surface area (Å²) >= 11 is 6.31. The molecule has 36 heavy (non-hydrogen) atoms. The summed E-state index contributed by atoms with van der Waals surface area (Å²) in [6, 6.07) is 15.8. The zero-order valence-electron chi connectivity index (χ0n) is 19.0. The number of imidazole rings is 1. The second-order valence-electron chi connectivity index (χ2n) is 7.93.